The fourth-order valence-corrected chi connectivity index (χ4v) is 3.66. The Bertz CT molecular complexity index is 1080. The average Bonchev–Trinajstić information content (AvgIpc) is 2.95. The molecule has 0 radical (unpaired) electrons. The summed E-state index contributed by atoms with van der Waals surface area (Å²) in [4.78, 5) is 12.0. The van der Waals surface area contributed by atoms with Crippen molar-refractivity contribution in [3.05, 3.63) is 53.2 Å². The minimum atomic E-state index is -1.10. The number of carbonyl (C=O) groups is 1. The molecule has 1 aromatic carbocycles. The first-order valence-electron chi connectivity index (χ1n) is 7.58. The average molecular weight is 315 g/mol. The second-order valence-corrected chi connectivity index (χ2v) is 6.12. The highest BCUT2D eigenvalue weighted by atomic mass is 16.5. The van der Waals surface area contributed by atoms with Crippen molar-refractivity contribution in [2.24, 2.45) is 5.41 Å². The van der Waals surface area contributed by atoms with Gasteiger partial charge in [-0.2, -0.15) is 10.5 Å². The topological polar surface area (TPSA) is 78.3 Å². The van der Waals surface area contributed by atoms with E-state index in [0.717, 1.165) is 27.5 Å². The van der Waals surface area contributed by atoms with Crippen LogP contribution in [0.2, 0.25) is 0 Å². The fraction of sp³-hybridized carbons (Fsp3) is 0.211. The maximum absolute atomic E-state index is 12.0. The lowest BCUT2D eigenvalue weighted by atomic mass is 9.74. The minimum absolute atomic E-state index is 0.303. The molecule has 0 spiro atoms. The van der Waals surface area contributed by atoms with E-state index in [1.54, 1.807) is 12.3 Å². The Morgan fingerprint density at radius 3 is 2.71 bits per heavy atom. The Morgan fingerprint density at radius 2 is 2.00 bits per heavy atom. The molecule has 0 aliphatic heterocycles. The summed E-state index contributed by atoms with van der Waals surface area (Å²) in [5, 5.41) is 20.2. The van der Waals surface area contributed by atoms with Crippen LogP contribution in [0.1, 0.15) is 21.5 Å². The molecule has 4 rings (SSSR count). The fourth-order valence-electron chi connectivity index (χ4n) is 3.66. The summed E-state index contributed by atoms with van der Waals surface area (Å²) in [5.41, 5.74) is 3.08. The van der Waals surface area contributed by atoms with Crippen LogP contribution < -0.4 is 0 Å². The third-order valence-electron chi connectivity index (χ3n) is 4.74. The van der Waals surface area contributed by atoms with E-state index in [1.165, 1.54) is 7.11 Å². The molecule has 0 saturated carbocycles. The van der Waals surface area contributed by atoms with Crippen molar-refractivity contribution in [1.29, 1.82) is 10.5 Å². The van der Waals surface area contributed by atoms with Gasteiger partial charge < -0.3 is 9.14 Å². The lowest BCUT2D eigenvalue weighted by Crippen LogP contribution is -2.26. The maximum atomic E-state index is 12.0. The summed E-state index contributed by atoms with van der Waals surface area (Å²) in [6.07, 6.45) is 2.46. The van der Waals surface area contributed by atoms with Crippen LogP contribution in [0.15, 0.2) is 36.5 Å². The molecule has 0 atom stereocenters. The molecule has 0 fully saturated rings. The number of carbonyl (C=O) groups excluding carboxylic acids is 1. The van der Waals surface area contributed by atoms with Gasteiger partial charge in [0.2, 0.25) is 0 Å². The van der Waals surface area contributed by atoms with E-state index in [9.17, 15) is 15.3 Å². The van der Waals surface area contributed by atoms with Gasteiger partial charge in [0, 0.05) is 24.4 Å². The van der Waals surface area contributed by atoms with Gasteiger partial charge in [0.05, 0.1) is 35.8 Å². The van der Waals surface area contributed by atoms with Gasteiger partial charge in [0.15, 0.2) is 5.41 Å². The second-order valence-electron chi connectivity index (χ2n) is 6.12. The van der Waals surface area contributed by atoms with Crippen LogP contribution in [0, 0.1) is 28.1 Å². The Balaban J connectivity index is 2.15. The van der Waals surface area contributed by atoms with Crippen LogP contribution in [0.25, 0.3) is 16.4 Å². The molecule has 0 amide bonds. The van der Waals surface area contributed by atoms with E-state index >= 15 is 0 Å². The monoisotopic (exact) mass is 315 g/mol. The van der Waals surface area contributed by atoms with Gasteiger partial charge in [-0.15, -0.1) is 0 Å². The number of ether oxygens (including phenoxy) is 1. The molecule has 2 heterocycles. The molecule has 0 N–H and O–H groups in total. The zero-order chi connectivity index (χ0) is 16.9. The standard InChI is InChI=1S/C19H13N3O2/c1-24-18(23)13-6-12-7-19(10-20,11-21)8-15-14-4-2-3-5-16(14)22(9-13)17(12)15/h2-6,9H,7-8H2,1H3. The molecule has 1 aliphatic rings. The summed E-state index contributed by atoms with van der Waals surface area (Å²) in [6, 6.07) is 13.9. The van der Waals surface area contributed by atoms with Crippen molar-refractivity contribution < 1.29 is 9.53 Å². The number of hydrogen-bond acceptors (Lipinski definition) is 4. The lowest BCUT2D eigenvalue weighted by molar-refractivity contribution is 0.0600. The number of nitriles is 2. The number of rotatable bonds is 1. The van der Waals surface area contributed by atoms with Crippen LogP contribution >= 0.6 is 0 Å². The van der Waals surface area contributed by atoms with E-state index in [-0.39, 0.29) is 0 Å². The smallest absolute Gasteiger partial charge is 0.339 e. The molecule has 5 heteroatoms. The summed E-state index contributed by atoms with van der Waals surface area (Å²) in [7, 11) is 1.34. The largest absolute Gasteiger partial charge is 0.465 e. The summed E-state index contributed by atoms with van der Waals surface area (Å²) in [5.74, 6) is -0.433. The number of aromatic nitrogens is 1. The summed E-state index contributed by atoms with van der Waals surface area (Å²) in [6.45, 7) is 0. The van der Waals surface area contributed by atoms with Gasteiger partial charge >= 0.3 is 5.97 Å². The van der Waals surface area contributed by atoms with Crippen LogP contribution in [-0.4, -0.2) is 17.5 Å². The number of hydrogen-bond donors (Lipinski definition) is 0. The van der Waals surface area contributed by atoms with Gasteiger partial charge in [-0.25, -0.2) is 4.79 Å². The number of benzene rings is 1. The highest BCUT2D eigenvalue weighted by Gasteiger charge is 2.38. The van der Waals surface area contributed by atoms with Gasteiger partial charge in [-0.1, -0.05) is 18.2 Å². The molecular formula is C19H13N3O2. The van der Waals surface area contributed by atoms with E-state index < -0.39 is 11.4 Å². The van der Waals surface area contributed by atoms with Crippen LogP contribution in [0.5, 0.6) is 0 Å². The van der Waals surface area contributed by atoms with Crippen molar-refractivity contribution in [2.75, 3.05) is 7.11 Å². The Labute approximate surface area is 138 Å². The van der Waals surface area contributed by atoms with Crippen LogP contribution in [0.3, 0.4) is 0 Å². The Hall–Kier alpha value is -3.31. The zero-order valence-corrected chi connectivity index (χ0v) is 13.0. The van der Waals surface area contributed by atoms with Gasteiger partial charge in [-0.3, -0.25) is 0 Å². The highest BCUT2D eigenvalue weighted by Crippen LogP contribution is 2.41. The van der Waals surface area contributed by atoms with Crippen LogP contribution in [-0.2, 0) is 17.6 Å². The summed E-state index contributed by atoms with van der Waals surface area (Å²) < 4.78 is 6.82. The second kappa shape index (κ2) is 4.84. The van der Waals surface area contributed by atoms with E-state index in [0.29, 0.717) is 18.4 Å². The first kappa shape index (κ1) is 14.3. The normalized spacial score (nSPS) is 15.0. The molecule has 116 valence electrons. The third kappa shape index (κ3) is 1.76. The lowest BCUT2D eigenvalue weighted by Gasteiger charge is -2.25. The first-order chi connectivity index (χ1) is 11.6. The molecule has 0 bridgehead atoms. The van der Waals surface area contributed by atoms with Crippen LogP contribution in [0.4, 0.5) is 0 Å². The van der Waals surface area contributed by atoms with Crippen molar-refractivity contribution in [3.8, 4) is 12.1 Å². The Morgan fingerprint density at radius 1 is 1.25 bits per heavy atom. The van der Waals surface area contributed by atoms with Crippen molar-refractivity contribution in [3.63, 3.8) is 0 Å². The molecule has 3 aromatic rings. The SMILES string of the molecule is COC(=O)c1cc2c3c(c4ccccc4n3c1)CC(C#N)(C#N)C2. The molecule has 0 saturated heterocycles. The number of esters is 1. The quantitative estimate of drug-likeness (QED) is 0.647. The highest BCUT2D eigenvalue weighted by molar-refractivity contribution is 5.97. The summed E-state index contributed by atoms with van der Waals surface area (Å²) >= 11 is 0. The zero-order valence-electron chi connectivity index (χ0n) is 13.0. The minimum Gasteiger partial charge on any atom is -0.465 e. The van der Waals surface area contributed by atoms with Crippen molar-refractivity contribution in [2.45, 2.75) is 12.8 Å². The van der Waals surface area contributed by atoms with Gasteiger partial charge in [-0.05, 0) is 23.3 Å². The van der Waals surface area contributed by atoms with Crippen molar-refractivity contribution >= 4 is 22.4 Å². The molecule has 1 aliphatic carbocycles. The molecule has 5 nitrogen and oxygen atoms in total. The first-order valence-corrected chi connectivity index (χ1v) is 7.58. The van der Waals surface area contributed by atoms with Crippen molar-refractivity contribution in [1.82, 2.24) is 4.40 Å². The number of para-hydroxylation sites is 1. The van der Waals surface area contributed by atoms with Gasteiger partial charge in [0.1, 0.15) is 0 Å². The Kier molecular flexibility index (Phi) is 2.88. The van der Waals surface area contributed by atoms with Gasteiger partial charge in [0.25, 0.3) is 0 Å². The van der Waals surface area contributed by atoms with E-state index in [2.05, 4.69) is 12.1 Å². The number of methoxy groups -OCH3 is 1. The number of nitrogens with zero attached hydrogens (tertiary/aromatic N) is 3. The van der Waals surface area contributed by atoms with E-state index in [4.69, 9.17) is 4.74 Å². The molecule has 0 unspecified atom stereocenters. The maximum Gasteiger partial charge on any atom is 0.339 e. The molecule has 24 heavy (non-hydrogen) atoms. The number of pyridine rings is 1. The van der Waals surface area contributed by atoms with E-state index in [1.807, 2.05) is 28.7 Å². The number of fused-ring (bicyclic) bond motifs is 3. The molecular weight excluding hydrogens is 302 g/mol. The predicted molar refractivity (Wildman–Crippen MR) is 87.3 cm³/mol. The third-order valence-corrected chi connectivity index (χ3v) is 4.74. The molecule has 2 aromatic heterocycles. The predicted octanol–water partition coefficient (Wildman–Crippen LogP) is 3.01.